The lowest BCUT2D eigenvalue weighted by Gasteiger charge is -2.16. The van der Waals surface area contributed by atoms with Crippen LogP contribution in [-0.4, -0.2) is 69.0 Å². The number of nitrogens with one attached hydrogen (secondary N) is 3. The van der Waals surface area contributed by atoms with Gasteiger partial charge in [0.25, 0.3) is 5.56 Å². The second kappa shape index (κ2) is 17.9. The summed E-state index contributed by atoms with van der Waals surface area (Å²) < 4.78 is 83.8. The molecule has 11 nitrogen and oxygen atoms in total. The van der Waals surface area contributed by atoms with E-state index < -0.39 is 35.0 Å². The van der Waals surface area contributed by atoms with Crippen molar-refractivity contribution in [2.75, 3.05) is 43.8 Å². The van der Waals surface area contributed by atoms with Gasteiger partial charge in [-0.25, -0.2) is 24.7 Å². The van der Waals surface area contributed by atoms with Gasteiger partial charge in [0.1, 0.15) is 22.6 Å². The molecular weight excluding hydrogens is 771 g/mol. The summed E-state index contributed by atoms with van der Waals surface area (Å²) in [6.45, 7) is 4.92. The minimum Gasteiger partial charge on any atom is -0.462 e. The molecule has 0 aliphatic carbocycles. The van der Waals surface area contributed by atoms with E-state index in [1.54, 1.807) is 68.7 Å². The third-order valence-electron chi connectivity index (χ3n) is 7.23. The summed E-state index contributed by atoms with van der Waals surface area (Å²) in [7, 11) is 3.61. The Morgan fingerprint density at radius 2 is 1.36 bits per heavy atom. The number of anilines is 4. The fourth-order valence-corrected chi connectivity index (χ4v) is 5.69. The zero-order valence-corrected chi connectivity index (χ0v) is 32.2. The summed E-state index contributed by atoms with van der Waals surface area (Å²) in [6, 6.07) is 8.77. The highest BCUT2D eigenvalue weighted by molar-refractivity contribution is 7.98. The summed E-state index contributed by atoms with van der Waals surface area (Å²) in [5.74, 6) is -0.436. The second-order valence-corrected chi connectivity index (χ2v) is 13.4. The standard InChI is InChI=1S/C20H23F3N4O2S.C16H13F3N4OS/c1-6-29-18(28)16-15(7-8-27(3)4)25-19(30-5)26-17(16)24-14-10-12(2)9-13(11-14)20(21,22)23;1-8-5-9(16(17,18)19)7-10(6-8)21-13-12-11(3-4-20-14(12)24)22-15(23-13)25-2/h7-11H,6H2,1-5H3,(H,24,25,26);3-7H,1-2H3,(H,20,24)(H,21,22,23)/b8-7+;. The van der Waals surface area contributed by atoms with Gasteiger partial charge in [0, 0.05) is 37.9 Å². The minimum absolute atomic E-state index is 0.0443. The highest BCUT2D eigenvalue weighted by Gasteiger charge is 2.32. The number of esters is 1. The van der Waals surface area contributed by atoms with Crippen LogP contribution >= 0.6 is 23.5 Å². The Labute approximate surface area is 320 Å². The number of carbonyl (C=O) groups is 1. The molecule has 0 bridgehead atoms. The number of rotatable bonds is 10. The molecular formula is C36H36F6N8O3S2. The Morgan fingerprint density at radius 1 is 0.836 bits per heavy atom. The van der Waals surface area contributed by atoms with E-state index in [2.05, 4.69) is 35.6 Å². The molecule has 0 fully saturated rings. The first-order valence-electron chi connectivity index (χ1n) is 16.2. The first-order valence-corrected chi connectivity index (χ1v) is 18.6. The Morgan fingerprint density at radius 3 is 1.87 bits per heavy atom. The Bertz CT molecular complexity index is 2260. The van der Waals surface area contributed by atoms with Crippen molar-refractivity contribution >= 4 is 69.5 Å². The third-order valence-corrected chi connectivity index (χ3v) is 8.32. The summed E-state index contributed by atoms with van der Waals surface area (Å²) in [6.07, 6.45) is -0.645. The lowest BCUT2D eigenvalue weighted by atomic mass is 10.1. The summed E-state index contributed by atoms with van der Waals surface area (Å²) in [4.78, 5) is 46.2. The molecule has 0 saturated heterocycles. The number of thioether (sulfide) groups is 2. The maximum Gasteiger partial charge on any atom is 0.416 e. The van der Waals surface area contributed by atoms with Gasteiger partial charge in [-0.05, 0) is 93.0 Å². The summed E-state index contributed by atoms with van der Waals surface area (Å²) in [5, 5.41) is 6.64. The number of alkyl halides is 6. The summed E-state index contributed by atoms with van der Waals surface area (Å²) >= 11 is 2.51. The molecule has 3 aromatic heterocycles. The number of pyridine rings is 1. The van der Waals surface area contributed by atoms with Crippen LogP contribution in [0, 0.1) is 13.8 Å². The quantitative estimate of drug-likeness (QED) is 0.0537. The number of aryl methyl sites for hydroxylation is 2. The second-order valence-electron chi connectivity index (χ2n) is 11.9. The SMILES string of the molecule is CCOC(=O)c1c(/C=C/N(C)C)nc(SC)nc1Nc1cc(C)cc(C(F)(F)F)c1.CSc1nc(Nc2cc(C)cc(C(F)(F)F)c2)c2c(=O)[nH]ccc2n1. The smallest absolute Gasteiger partial charge is 0.416 e. The average Bonchev–Trinajstić information content (AvgIpc) is 3.09. The lowest BCUT2D eigenvalue weighted by molar-refractivity contribution is -0.138. The van der Waals surface area contributed by atoms with Crippen LogP contribution in [0.4, 0.5) is 49.4 Å². The highest BCUT2D eigenvalue weighted by Crippen LogP contribution is 2.35. The van der Waals surface area contributed by atoms with Crippen LogP contribution in [0.2, 0.25) is 0 Å². The topological polar surface area (TPSA) is 138 Å². The van der Waals surface area contributed by atoms with Gasteiger partial charge in [-0.15, -0.1) is 0 Å². The van der Waals surface area contributed by atoms with Crippen molar-refractivity contribution in [2.45, 2.75) is 43.4 Å². The number of hydrogen-bond donors (Lipinski definition) is 3. The largest absolute Gasteiger partial charge is 0.462 e. The number of benzene rings is 2. The Kier molecular flexibility index (Phi) is 13.8. The van der Waals surface area contributed by atoms with E-state index in [1.807, 2.05) is 14.1 Å². The van der Waals surface area contributed by atoms with Crippen molar-refractivity contribution < 1.29 is 35.9 Å². The number of ether oxygens (including phenoxy) is 1. The maximum absolute atomic E-state index is 13.2. The lowest BCUT2D eigenvalue weighted by Crippen LogP contribution is -2.14. The van der Waals surface area contributed by atoms with Gasteiger partial charge >= 0.3 is 18.3 Å². The van der Waals surface area contributed by atoms with Gasteiger partial charge in [-0.2, -0.15) is 26.3 Å². The van der Waals surface area contributed by atoms with Crippen molar-refractivity contribution in [2.24, 2.45) is 0 Å². The number of halogens is 6. The molecule has 2 aromatic carbocycles. The molecule has 0 aliphatic heterocycles. The molecule has 292 valence electrons. The van der Waals surface area contributed by atoms with Gasteiger partial charge < -0.3 is 25.3 Å². The number of fused-ring (bicyclic) bond motifs is 1. The predicted octanol–water partition coefficient (Wildman–Crippen LogP) is 9.09. The molecule has 19 heteroatoms. The molecule has 5 rings (SSSR count). The van der Waals surface area contributed by atoms with E-state index in [4.69, 9.17) is 4.74 Å². The molecule has 0 atom stereocenters. The molecule has 0 aliphatic rings. The van der Waals surface area contributed by atoms with Gasteiger partial charge in [0.05, 0.1) is 28.9 Å². The van der Waals surface area contributed by atoms with Gasteiger partial charge in [-0.1, -0.05) is 23.5 Å². The average molecular weight is 807 g/mol. The molecule has 0 unspecified atom stereocenters. The number of hydrogen-bond acceptors (Lipinski definition) is 12. The fraction of sp³-hybridized carbons (Fsp3) is 0.278. The van der Waals surface area contributed by atoms with Crippen molar-refractivity contribution in [1.82, 2.24) is 29.8 Å². The number of aromatic amines is 1. The Balaban J connectivity index is 0.000000248. The minimum atomic E-state index is -4.50. The molecule has 55 heavy (non-hydrogen) atoms. The van der Waals surface area contributed by atoms with Crippen LogP contribution in [0.5, 0.6) is 0 Å². The van der Waals surface area contributed by atoms with Crippen LogP contribution in [-0.2, 0) is 17.1 Å². The summed E-state index contributed by atoms with van der Waals surface area (Å²) in [5.41, 5.74) is -0.0292. The van der Waals surface area contributed by atoms with E-state index >= 15 is 0 Å². The molecule has 0 saturated carbocycles. The first-order chi connectivity index (χ1) is 25.8. The number of H-pyrrole nitrogens is 1. The zero-order chi connectivity index (χ0) is 40.7. The van der Waals surface area contributed by atoms with Crippen LogP contribution in [0.15, 0.2) is 70.0 Å². The third kappa shape index (κ3) is 11.4. The van der Waals surface area contributed by atoms with Crippen LogP contribution < -0.4 is 16.2 Å². The number of aromatic nitrogens is 5. The zero-order valence-electron chi connectivity index (χ0n) is 30.5. The van der Waals surface area contributed by atoms with Crippen LogP contribution in [0.1, 0.15) is 45.2 Å². The van der Waals surface area contributed by atoms with Crippen molar-refractivity contribution in [1.29, 1.82) is 0 Å². The molecule has 3 N–H and O–H groups in total. The molecule has 0 spiro atoms. The van der Waals surface area contributed by atoms with E-state index in [9.17, 15) is 35.9 Å². The number of carbonyl (C=O) groups excluding carboxylic acids is 1. The Hall–Kier alpha value is -5.30. The first kappa shape index (κ1) is 42.4. The van der Waals surface area contributed by atoms with Crippen LogP contribution in [0.3, 0.4) is 0 Å². The monoisotopic (exact) mass is 806 g/mol. The van der Waals surface area contributed by atoms with E-state index in [-0.39, 0.29) is 40.6 Å². The molecule has 0 amide bonds. The maximum atomic E-state index is 13.2. The van der Waals surface area contributed by atoms with E-state index in [1.165, 1.54) is 29.7 Å². The van der Waals surface area contributed by atoms with Gasteiger partial charge in [0.2, 0.25) is 0 Å². The van der Waals surface area contributed by atoms with E-state index in [0.29, 0.717) is 32.7 Å². The van der Waals surface area contributed by atoms with Crippen LogP contribution in [0.25, 0.3) is 17.0 Å². The highest BCUT2D eigenvalue weighted by atomic mass is 32.2. The molecule has 0 radical (unpaired) electrons. The van der Waals surface area contributed by atoms with Gasteiger partial charge in [0.15, 0.2) is 10.3 Å². The fourth-order valence-electron chi connectivity index (χ4n) is 4.95. The molecule has 3 heterocycles. The van der Waals surface area contributed by atoms with Crippen molar-refractivity contribution in [3.05, 3.63) is 98.7 Å². The van der Waals surface area contributed by atoms with E-state index in [0.717, 1.165) is 24.3 Å². The molecule has 5 aromatic rings. The predicted molar refractivity (Wildman–Crippen MR) is 203 cm³/mol. The van der Waals surface area contributed by atoms with Crippen molar-refractivity contribution in [3.63, 3.8) is 0 Å². The van der Waals surface area contributed by atoms with Crippen molar-refractivity contribution in [3.8, 4) is 0 Å². The number of nitrogens with zero attached hydrogens (tertiary/aromatic N) is 5. The van der Waals surface area contributed by atoms with Gasteiger partial charge in [-0.3, -0.25) is 4.79 Å². The normalized spacial score (nSPS) is 11.7.